The van der Waals surface area contributed by atoms with Crippen molar-refractivity contribution in [3.63, 3.8) is 0 Å². The van der Waals surface area contributed by atoms with Crippen molar-refractivity contribution in [2.24, 2.45) is 0 Å². The first-order valence-corrected chi connectivity index (χ1v) is 5.81. The maximum absolute atomic E-state index is 13.1. The molecule has 17 heavy (non-hydrogen) atoms. The van der Waals surface area contributed by atoms with E-state index in [0.29, 0.717) is 6.54 Å². The standard InChI is InChI=1S/C13H13ClFNO/c14-13-10(3-1-5-12(13)15)9-16-7-6-11-4-2-8-17-11/h1-5,8,16H,6-7,9H2. The fourth-order valence-electron chi connectivity index (χ4n) is 1.57. The molecule has 0 unspecified atom stereocenters. The Morgan fingerprint density at radius 3 is 2.88 bits per heavy atom. The van der Waals surface area contributed by atoms with E-state index < -0.39 is 0 Å². The lowest BCUT2D eigenvalue weighted by atomic mass is 10.2. The molecule has 1 N–H and O–H groups in total. The van der Waals surface area contributed by atoms with Crippen molar-refractivity contribution < 1.29 is 8.81 Å². The second-order valence-electron chi connectivity index (χ2n) is 3.72. The molecule has 0 spiro atoms. The average Bonchev–Trinajstić information content (AvgIpc) is 2.83. The Labute approximate surface area is 104 Å². The van der Waals surface area contributed by atoms with Crippen molar-refractivity contribution >= 4 is 11.6 Å². The molecule has 0 aliphatic carbocycles. The van der Waals surface area contributed by atoms with E-state index in [2.05, 4.69) is 5.32 Å². The minimum atomic E-state index is -0.378. The Hall–Kier alpha value is -1.32. The zero-order chi connectivity index (χ0) is 12.1. The number of halogens is 2. The van der Waals surface area contributed by atoms with Gasteiger partial charge in [0.05, 0.1) is 11.3 Å². The fraction of sp³-hybridized carbons (Fsp3) is 0.231. The van der Waals surface area contributed by atoms with Gasteiger partial charge in [-0.25, -0.2) is 4.39 Å². The minimum Gasteiger partial charge on any atom is -0.469 e. The van der Waals surface area contributed by atoms with Gasteiger partial charge in [0.15, 0.2) is 0 Å². The predicted octanol–water partition coefficient (Wildman–Crippen LogP) is 3.40. The number of furan rings is 1. The van der Waals surface area contributed by atoms with Crippen LogP contribution in [0.25, 0.3) is 0 Å². The van der Waals surface area contributed by atoms with Gasteiger partial charge in [0, 0.05) is 19.5 Å². The summed E-state index contributed by atoms with van der Waals surface area (Å²) in [5, 5.41) is 3.39. The number of hydrogen-bond acceptors (Lipinski definition) is 2. The number of nitrogens with one attached hydrogen (secondary N) is 1. The van der Waals surface area contributed by atoms with Gasteiger partial charge >= 0.3 is 0 Å². The number of rotatable bonds is 5. The molecule has 4 heteroatoms. The average molecular weight is 254 g/mol. The summed E-state index contributed by atoms with van der Waals surface area (Å²) in [5.41, 5.74) is 0.770. The summed E-state index contributed by atoms with van der Waals surface area (Å²) in [5.74, 6) is 0.555. The molecule has 90 valence electrons. The van der Waals surface area contributed by atoms with Crippen molar-refractivity contribution in [1.82, 2.24) is 5.32 Å². The zero-order valence-corrected chi connectivity index (χ0v) is 10.0. The van der Waals surface area contributed by atoms with Crippen LogP contribution in [0.2, 0.25) is 5.02 Å². The second-order valence-corrected chi connectivity index (χ2v) is 4.10. The van der Waals surface area contributed by atoms with Gasteiger partial charge in [-0.1, -0.05) is 23.7 Å². The second kappa shape index (κ2) is 5.84. The number of hydrogen-bond donors (Lipinski definition) is 1. The van der Waals surface area contributed by atoms with E-state index in [-0.39, 0.29) is 10.8 Å². The molecule has 0 atom stereocenters. The Bertz CT molecular complexity index is 470. The van der Waals surface area contributed by atoms with Crippen LogP contribution in [0.1, 0.15) is 11.3 Å². The van der Waals surface area contributed by atoms with Crippen molar-refractivity contribution in [2.75, 3.05) is 6.54 Å². The van der Waals surface area contributed by atoms with E-state index in [1.165, 1.54) is 6.07 Å². The molecule has 0 bridgehead atoms. The molecule has 2 nitrogen and oxygen atoms in total. The summed E-state index contributed by atoms with van der Waals surface area (Å²) in [7, 11) is 0. The third kappa shape index (κ3) is 3.32. The predicted molar refractivity (Wildman–Crippen MR) is 65.5 cm³/mol. The summed E-state index contributed by atoms with van der Waals surface area (Å²) in [6.45, 7) is 1.32. The molecule has 0 aliphatic rings. The van der Waals surface area contributed by atoms with Gasteiger partial charge in [-0.05, 0) is 23.8 Å². The highest BCUT2D eigenvalue weighted by atomic mass is 35.5. The molecular weight excluding hydrogens is 241 g/mol. The van der Waals surface area contributed by atoms with E-state index in [1.54, 1.807) is 12.3 Å². The largest absolute Gasteiger partial charge is 0.469 e. The maximum atomic E-state index is 13.1. The van der Waals surface area contributed by atoms with E-state index in [9.17, 15) is 4.39 Å². The third-order valence-electron chi connectivity index (χ3n) is 2.48. The van der Waals surface area contributed by atoms with Gasteiger partial charge in [0.2, 0.25) is 0 Å². The molecule has 2 aromatic rings. The van der Waals surface area contributed by atoms with Gasteiger partial charge in [-0.3, -0.25) is 0 Å². The van der Waals surface area contributed by atoms with Crippen molar-refractivity contribution in [3.8, 4) is 0 Å². The lowest BCUT2D eigenvalue weighted by molar-refractivity contribution is 0.498. The highest BCUT2D eigenvalue weighted by Crippen LogP contribution is 2.19. The van der Waals surface area contributed by atoms with Crippen LogP contribution in [-0.2, 0) is 13.0 Å². The Kier molecular flexibility index (Phi) is 4.18. The van der Waals surface area contributed by atoms with E-state index in [4.69, 9.17) is 16.0 Å². The van der Waals surface area contributed by atoms with Gasteiger partial charge in [-0.2, -0.15) is 0 Å². The van der Waals surface area contributed by atoms with Crippen LogP contribution in [0.15, 0.2) is 41.0 Å². The zero-order valence-electron chi connectivity index (χ0n) is 9.25. The third-order valence-corrected chi connectivity index (χ3v) is 2.90. The van der Waals surface area contributed by atoms with Crippen molar-refractivity contribution in [1.29, 1.82) is 0 Å². The summed E-state index contributed by atoms with van der Waals surface area (Å²) >= 11 is 5.84. The van der Waals surface area contributed by atoms with Gasteiger partial charge in [0.25, 0.3) is 0 Å². The molecule has 0 radical (unpaired) electrons. The number of benzene rings is 1. The molecular formula is C13H13ClFNO. The SMILES string of the molecule is Fc1cccc(CNCCc2ccco2)c1Cl. The molecule has 0 saturated heterocycles. The van der Waals surface area contributed by atoms with Gasteiger partial charge in [-0.15, -0.1) is 0 Å². The molecule has 0 saturated carbocycles. The van der Waals surface area contributed by atoms with Crippen LogP contribution in [-0.4, -0.2) is 6.54 Å². The highest BCUT2D eigenvalue weighted by Gasteiger charge is 2.04. The fourth-order valence-corrected chi connectivity index (χ4v) is 1.77. The monoisotopic (exact) mass is 253 g/mol. The topological polar surface area (TPSA) is 25.2 Å². The van der Waals surface area contributed by atoms with Crippen molar-refractivity contribution in [2.45, 2.75) is 13.0 Å². The quantitative estimate of drug-likeness (QED) is 0.827. The first kappa shape index (κ1) is 12.1. The van der Waals surface area contributed by atoms with Crippen LogP contribution < -0.4 is 5.32 Å². The van der Waals surface area contributed by atoms with Crippen LogP contribution in [0.3, 0.4) is 0 Å². The molecule has 0 aliphatic heterocycles. The lowest BCUT2D eigenvalue weighted by Gasteiger charge is -2.06. The summed E-state index contributed by atoms with van der Waals surface area (Å²) < 4.78 is 18.3. The smallest absolute Gasteiger partial charge is 0.142 e. The Balaban J connectivity index is 1.80. The molecule has 0 amide bonds. The Morgan fingerprint density at radius 2 is 2.12 bits per heavy atom. The van der Waals surface area contributed by atoms with E-state index >= 15 is 0 Å². The maximum Gasteiger partial charge on any atom is 0.142 e. The van der Waals surface area contributed by atoms with Crippen molar-refractivity contribution in [3.05, 3.63) is 58.8 Å². The molecule has 1 aromatic carbocycles. The van der Waals surface area contributed by atoms with Crippen LogP contribution >= 0.6 is 11.6 Å². The normalized spacial score (nSPS) is 10.7. The summed E-state index contributed by atoms with van der Waals surface area (Å²) in [4.78, 5) is 0. The molecule has 1 heterocycles. The van der Waals surface area contributed by atoms with Crippen LogP contribution in [0, 0.1) is 5.82 Å². The summed E-state index contributed by atoms with van der Waals surface area (Å²) in [6, 6.07) is 8.61. The highest BCUT2D eigenvalue weighted by molar-refractivity contribution is 6.31. The van der Waals surface area contributed by atoms with E-state index in [1.807, 2.05) is 18.2 Å². The Morgan fingerprint density at radius 1 is 1.24 bits per heavy atom. The first-order valence-electron chi connectivity index (χ1n) is 5.43. The minimum absolute atomic E-state index is 0.193. The first-order chi connectivity index (χ1) is 8.27. The van der Waals surface area contributed by atoms with Crippen LogP contribution in [0.4, 0.5) is 4.39 Å². The van der Waals surface area contributed by atoms with E-state index in [0.717, 1.165) is 24.3 Å². The molecule has 0 fully saturated rings. The molecule has 1 aromatic heterocycles. The lowest BCUT2D eigenvalue weighted by Crippen LogP contribution is -2.16. The van der Waals surface area contributed by atoms with Gasteiger partial charge < -0.3 is 9.73 Å². The van der Waals surface area contributed by atoms with Gasteiger partial charge in [0.1, 0.15) is 11.6 Å². The summed E-state index contributed by atoms with van der Waals surface area (Å²) in [6.07, 6.45) is 2.46. The molecule has 2 rings (SSSR count). The van der Waals surface area contributed by atoms with Crippen LogP contribution in [0.5, 0.6) is 0 Å².